The molecule has 9 nitrogen and oxygen atoms in total. The van der Waals surface area contributed by atoms with Crippen molar-refractivity contribution in [1.29, 1.82) is 0 Å². The molecule has 42 heavy (non-hydrogen) atoms. The van der Waals surface area contributed by atoms with Crippen LogP contribution in [0, 0.1) is 0 Å². The molecule has 11 heteroatoms. The van der Waals surface area contributed by atoms with E-state index in [-0.39, 0.29) is 15.7 Å². The Morgan fingerprint density at radius 1 is 0.976 bits per heavy atom. The first-order chi connectivity index (χ1) is 20.2. The Labute approximate surface area is 259 Å². The van der Waals surface area contributed by atoms with Gasteiger partial charge in [0.05, 0.1) is 15.7 Å². The molecule has 0 aromatic heterocycles. The number of benzene rings is 2. The summed E-state index contributed by atoms with van der Waals surface area (Å²) >= 11 is 12.3. The van der Waals surface area contributed by atoms with Crippen LogP contribution < -0.4 is 16.4 Å². The van der Waals surface area contributed by atoms with Gasteiger partial charge in [-0.2, -0.15) is 0 Å². The van der Waals surface area contributed by atoms with Crippen molar-refractivity contribution in [2.24, 2.45) is 0 Å². The molecule has 1 atom stereocenters. The molecule has 2 aromatic rings. The van der Waals surface area contributed by atoms with Crippen LogP contribution in [0.2, 0.25) is 10.0 Å². The smallest absolute Gasteiger partial charge is 0.331 e. The highest BCUT2D eigenvalue weighted by atomic mass is 35.5. The number of likely N-dealkylation sites (N-methyl/N-ethyl adjacent to an activating group) is 1. The first-order valence-electron chi connectivity index (χ1n) is 14.3. The Kier molecular flexibility index (Phi) is 17.0. The van der Waals surface area contributed by atoms with E-state index < -0.39 is 18.0 Å². The number of aliphatic carboxylic acids is 1. The molecule has 0 saturated heterocycles. The number of hydrogen-bond donors (Lipinski definition) is 4. The molecule has 0 bridgehead atoms. The standard InChI is InChI=1S/C31H44Cl2N4O5/c1-37(2)17-16-36-25-11-9-23(10-12-25)8-7-19-41-18-6-4-3-5-15-35-22-28(42-30(40)14-13-29(38)39)24-20-26(32)31(34)27(33)21-24/h9-14,20-21,28,35-36H,3-8,15-19,22,34H2,1-2H3,(H,38,39). The van der Waals surface area contributed by atoms with Gasteiger partial charge in [0, 0.05) is 50.7 Å². The van der Waals surface area contributed by atoms with Crippen molar-refractivity contribution in [2.75, 3.05) is 64.5 Å². The lowest BCUT2D eigenvalue weighted by molar-refractivity contribution is -0.143. The number of hydrogen-bond acceptors (Lipinski definition) is 8. The van der Waals surface area contributed by atoms with E-state index in [0.29, 0.717) is 12.1 Å². The number of carboxylic acids is 1. The minimum atomic E-state index is -1.24. The summed E-state index contributed by atoms with van der Waals surface area (Å²) in [5.41, 5.74) is 9.09. The minimum absolute atomic E-state index is 0.240. The molecule has 0 heterocycles. The van der Waals surface area contributed by atoms with E-state index in [2.05, 4.69) is 53.9 Å². The van der Waals surface area contributed by atoms with Gasteiger partial charge in [-0.1, -0.05) is 48.2 Å². The molecule has 0 radical (unpaired) electrons. The molecule has 0 amide bonds. The summed E-state index contributed by atoms with van der Waals surface area (Å²) in [6.07, 6.45) is 6.93. The summed E-state index contributed by atoms with van der Waals surface area (Å²) in [6.45, 7) is 4.47. The Bertz CT molecular complexity index is 1110. The van der Waals surface area contributed by atoms with E-state index in [1.54, 1.807) is 12.1 Å². The molecule has 232 valence electrons. The Balaban J connectivity index is 1.59. The number of halogens is 2. The molecule has 0 aliphatic heterocycles. The molecule has 1 unspecified atom stereocenters. The van der Waals surface area contributed by atoms with Crippen molar-refractivity contribution in [3.8, 4) is 0 Å². The van der Waals surface area contributed by atoms with E-state index in [9.17, 15) is 9.59 Å². The van der Waals surface area contributed by atoms with Gasteiger partial charge in [0.25, 0.3) is 0 Å². The lowest BCUT2D eigenvalue weighted by Gasteiger charge is -2.19. The van der Waals surface area contributed by atoms with Crippen molar-refractivity contribution >= 4 is 46.5 Å². The number of nitrogens with one attached hydrogen (secondary N) is 2. The fraction of sp³-hybridized carbons (Fsp3) is 0.484. The van der Waals surface area contributed by atoms with Gasteiger partial charge in [-0.3, -0.25) is 0 Å². The van der Waals surface area contributed by atoms with Crippen molar-refractivity contribution < 1.29 is 24.2 Å². The molecule has 5 N–H and O–H groups in total. The van der Waals surface area contributed by atoms with Crippen LogP contribution in [0.1, 0.15) is 49.3 Å². The highest BCUT2D eigenvalue weighted by Gasteiger charge is 2.18. The Morgan fingerprint density at radius 2 is 1.64 bits per heavy atom. The third kappa shape index (κ3) is 14.9. The van der Waals surface area contributed by atoms with Crippen LogP contribution in [0.25, 0.3) is 0 Å². The molecule has 0 aliphatic carbocycles. The third-order valence-corrected chi connectivity index (χ3v) is 7.04. The zero-order chi connectivity index (χ0) is 30.7. The second-order valence-corrected chi connectivity index (χ2v) is 11.1. The highest BCUT2D eigenvalue weighted by molar-refractivity contribution is 6.38. The molecular weight excluding hydrogens is 579 g/mol. The third-order valence-electron chi connectivity index (χ3n) is 6.41. The summed E-state index contributed by atoms with van der Waals surface area (Å²) < 4.78 is 11.3. The second-order valence-electron chi connectivity index (χ2n) is 10.3. The van der Waals surface area contributed by atoms with Crippen molar-refractivity contribution in [3.05, 3.63) is 69.7 Å². The average molecular weight is 624 g/mol. The van der Waals surface area contributed by atoms with Crippen LogP contribution in [-0.2, 0) is 25.5 Å². The fourth-order valence-corrected chi connectivity index (χ4v) is 4.57. The summed E-state index contributed by atoms with van der Waals surface area (Å²) in [7, 11) is 4.14. The normalized spacial score (nSPS) is 12.1. The van der Waals surface area contributed by atoms with Crippen LogP contribution in [0.15, 0.2) is 48.6 Å². The summed E-state index contributed by atoms with van der Waals surface area (Å²) in [5, 5.41) is 16.0. The number of aryl methyl sites for hydroxylation is 1. The number of ether oxygens (including phenoxy) is 2. The summed E-state index contributed by atoms with van der Waals surface area (Å²) in [4.78, 5) is 25.0. The zero-order valence-electron chi connectivity index (χ0n) is 24.5. The minimum Gasteiger partial charge on any atom is -0.478 e. The molecule has 0 fully saturated rings. The average Bonchev–Trinajstić information content (AvgIpc) is 2.95. The quantitative estimate of drug-likeness (QED) is 0.0611. The number of carbonyl (C=O) groups excluding carboxylic acids is 1. The number of nitrogen functional groups attached to an aromatic ring is 1. The van der Waals surface area contributed by atoms with Crippen molar-refractivity contribution in [3.63, 3.8) is 0 Å². The number of anilines is 2. The largest absolute Gasteiger partial charge is 0.478 e. The SMILES string of the molecule is CN(C)CCNc1ccc(CCCOCCCCCCNCC(OC(=O)C=CC(=O)O)c2cc(Cl)c(N)c(Cl)c2)cc1. The molecule has 2 rings (SSSR count). The number of rotatable bonds is 21. The lowest BCUT2D eigenvalue weighted by Crippen LogP contribution is -2.26. The Hall–Kier alpha value is -2.82. The maximum absolute atomic E-state index is 12.1. The monoisotopic (exact) mass is 622 g/mol. The molecular formula is C31H44Cl2N4O5. The summed E-state index contributed by atoms with van der Waals surface area (Å²) in [6, 6.07) is 11.8. The van der Waals surface area contributed by atoms with Gasteiger partial charge < -0.3 is 35.8 Å². The topological polar surface area (TPSA) is 126 Å². The van der Waals surface area contributed by atoms with Gasteiger partial charge in [-0.15, -0.1) is 0 Å². The maximum atomic E-state index is 12.1. The number of esters is 1. The van der Waals surface area contributed by atoms with Crippen molar-refractivity contribution in [1.82, 2.24) is 10.2 Å². The number of nitrogens with two attached hydrogens (primary N) is 1. The van der Waals surface area contributed by atoms with E-state index >= 15 is 0 Å². The van der Waals surface area contributed by atoms with Gasteiger partial charge in [-0.05, 0) is 81.7 Å². The number of carboxylic acid groups (broad SMARTS) is 1. The van der Waals surface area contributed by atoms with Crippen LogP contribution in [0.3, 0.4) is 0 Å². The zero-order valence-corrected chi connectivity index (χ0v) is 26.1. The van der Waals surface area contributed by atoms with Crippen LogP contribution in [-0.4, -0.2) is 75.4 Å². The van der Waals surface area contributed by atoms with Crippen LogP contribution >= 0.6 is 23.2 Å². The number of nitrogens with zero attached hydrogens (tertiary/aromatic N) is 1. The lowest BCUT2D eigenvalue weighted by atomic mass is 10.1. The van der Waals surface area contributed by atoms with Gasteiger partial charge in [0.15, 0.2) is 0 Å². The fourth-order valence-electron chi connectivity index (χ4n) is 4.07. The second kappa shape index (κ2) is 20.1. The van der Waals surface area contributed by atoms with Gasteiger partial charge >= 0.3 is 11.9 Å². The predicted molar refractivity (Wildman–Crippen MR) is 170 cm³/mol. The van der Waals surface area contributed by atoms with E-state index in [1.165, 1.54) is 5.56 Å². The van der Waals surface area contributed by atoms with Gasteiger partial charge in [0.2, 0.25) is 0 Å². The molecule has 0 saturated carbocycles. The number of unbranched alkanes of at least 4 members (excludes halogenated alkanes) is 3. The first-order valence-corrected chi connectivity index (χ1v) is 15.0. The van der Waals surface area contributed by atoms with Gasteiger partial charge in [-0.25, -0.2) is 9.59 Å². The maximum Gasteiger partial charge on any atom is 0.331 e. The van der Waals surface area contributed by atoms with E-state index in [0.717, 1.165) is 89.2 Å². The molecule has 2 aromatic carbocycles. The molecule has 0 spiro atoms. The summed E-state index contributed by atoms with van der Waals surface area (Å²) in [5.74, 6) is -2.02. The van der Waals surface area contributed by atoms with Crippen LogP contribution in [0.4, 0.5) is 11.4 Å². The number of carbonyl (C=O) groups is 2. The van der Waals surface area contributed by atoms with E-state index in [1.807, 2.05) is 0 Å². The van der Waals surface area contributed by atoms with Crippen LogP contribution in [0.5, 0.6) is 0 Å². The first kappa shape index (κ1) is 35.4. The predicted octanol–water partition coefficient (Wildman–Crippen LogP) is 5.57. The van der Waals surface area contributed by atoms with Crippen molar-refractivity contribution in [2.45, 2.75) is 44.6 Å². The Morgan fingerprint density at radius 3 is 2.31 bits per heavy atom. The highest BCUT2D eigenvalue weighted by Crippen LogP contribution is 2.32. The van der Waals surface area contributed by atoms with Gasteiger partial charge in [0.1, 0.15) is 6.10 Å². The van der Waals surface area contributed by atoms with E-state index in [4.69, 9.17) is 43.5 Å². The molecule has 0 aliphatic rings.